The zero-order valence-corrected chi connectivity index (χ0v) is 10.8. The van der Waals surface area contributed by atoms with E-state index >= 15 is 0 Å². The van der Waals surface area contributed by atoms with Gasteiger partial charge in [0, 0.05) is 26.1 Å². The van der Waals surface area contributed by atoms with Crippen molar-refractivity contribution < 1.29 is 4.74 Å². The van der Waals surface area contributed by atoms with Crippen LogP contribution in [-0.2, 0) is 4.74 Å². The minimum atomic E-state index is 0.382. The molecule has 0 aromatic rings. The lowest BCUT2D eigenvalue weighted by molar-refractivity contribution is 0.0296. The summed E-state index contributed by atoms with van der Waals surface area (Å²) in [7, 11) is 0. The van der Waals surface area contributed by atoms with Crippen molar-refractivity contribution in [3.8, 4) is 6.07 Å². The molecule has 1 heterocycles. The first-order valence-electron chi connectivity index (χ1n) is 6.36. The van der Waals surface area contributed by atoms with Crippen LogP contribution in [0.2, 0.25) is 0 Å². The summed E-state index contributed by atoms with van der Waals surface area (Å²) in [5.74, 6) is 0.650. The Morgan fingerprint density at radius 3 is 2.69 bits per heavy atom. The van der Waals surface area contributed by atoms with Crippen LogP contribution in [0.3, 0.4) is 0 Å². The summed E-state index contributed by atoms with van der Waals surface area (Å²) in [6, 6.07) is 2.22. The fraction of sp³-hybridized carbons (Fsp3) is 0.923. The van der Waals surface area contributed by atoms with E-state index in [-0.39, 0.29) is 0 Å². The SMILES string of the molecule is CC(C)CN(CCC#N)CC1CCC(C)O1. The van der Waals surface area contributed by atoms with Crippen molar-refractivity contribution in [1.29, 1.82) is 5.26 Å². The molecule has 3 heteroatoms. The summed E-state index contributed by atoms with van der Waals surface area (Å²) in [4.78, 5) is 2.37. The lowest BCUT2D eigenvalue weighted by Gasteiger charge is -2.26. The van der Waals surface area contributed by atoms with Crippen molar-refractivity contribution in [2.45, 2.75) is 52.2 Å². The van der Waals surface area contributed by atoms with E-state index in [2.05, 4.69) is 31.7 Å². The Labute approximate surface area is 99.4 Å². The lowest BCUT2D eigenvalue weighted by atomic mass is 10.1. The monoisotopic (exact) mass is 224 g/mol. The smallest absolute Gasteiger partial charge is 0.0706 e. The van der Waals surface area contributed by atoms with Gasteiger partial charge in [-0.05, 0) is 25.7 Å². The second-order valence-electron chi connectivity index (χ2n) is 5.21. The van der Waals surface area contributed by atoms with E-state index in [1.165, 1.54) is 12.8 Å². The van der Waals surface area contributed by atoms with Crippen LogP contribution in [0.5, 0.6) is 0 Å². The van der Waals surface area contributed by atoms with E-state index in [0.29, 0.717) is 24.5 Å². The van der Waals surface area contributed by atoms with Crippen LogP contribution >= 0.6 is 0 Å². The molecular formula is C13H24N2O. The third kappa shape index (κ3) is 4.96. The third-order valence-corrected chi connectivity index (χ3v) is 2.94. The van der Waals surface area contributed by atoms with Gasteiger partial charge in [0.05, 0.1) is 18.3 Å². The van der Waals surface area contributed by atoms with Crippen LogP contribution < -0.4 is 0 Å². The molecular weight excluding hydrogens is 200 g/mol. The number of ether oxygens (including phenoxy) is 1. The molecule has 1 rings (SSSR count). The number of nitrogens with zero attached hydrogens (tertiary/aromatic N) is 2. The van der Waals surface area contributed by atoms with E-state index < -0.39 is 0 Å². The predicted molar refractivity (Wildman–Crippen MR) is 65.1 cm³/mol. The van der Waals surface area contributed by atoms with Crippen LogP contribution in [0.25, 0.3) is 0 Å². The lowest BCUT2D eigenvalue weighted by Crippen LogP contribution is -2.35. The largest absolute Gasteiger partial charge is 0.374 e. The zero-order chi connectivity index (χ0) is 12.0. The Balaban J connectivity index is 2.34. The topological polar surface area (TPSA) is 36.3 Å². The molecule has 0 bridgehead atoms. The van der Waals surface area contributed by atoms with Gasteiger partial charge in [0.25, 0.3) is 0 Å². The molecule has 0 amide bonds. The van der Waals surface area contributed by atoms with E-state index in [9.17, 15) is 0 Å². The number of rotatable bonds is 6. The maximum absolute atomic E-state index is 8.64. The van der Waals surface area contributed by atoms with E-state index in [1.54, 1.807) is 0 Å². The minimum Gasteiger partial charge on any atom is -0.374 e. The van der Waals surface area contributed by atoms with Crippen LogP contribution in [-0.4, -0.2) is 36.7 Å². The first-order chi connectivity index (χ1) is 7.61. The van der Waals surface area contributed by atoms with Crippen LogP contribution in [0.1, 0.15) is 40.0 Å². The van der Waals surface area contributed by atoms with Gasteiger partial charge < -0.3 is 4.74 Å². The van der Waals surface area contributed by atoms with E-state index in [4.69, 9.17) is 10.00 Å². The molecule has 3 nitrogen and oxygen atoms in total. The van der Waals surface area contributed by atoms with Crippen LogP contribution in [0.15, 0.2) is 0 Å². The fourth-order valence-corrected chi connectivity index (χ4v) is 2.29. The number of hydrogen-bond donors (Lipinski definition) is 0. The van der Waals surface area contributed by atoms with Crippen LogP contribution in [0.4, 0.5) is 0 Å². The Hall–Kier alpha value is -0.590. The molecule has 0 radical (unpaired) electrons. The van der Waals surface area contributed by atoms with Crippen molar-refractivity contribution in [1.82, 2.24) is 4.90 Å². The summed E-state index contributed by atoms with van der Waals surface area (Å²) in [6.45, 7) is 9.51. The highest BCUT2D eigenvalue weighted by molar-refractivity contribution is 4.78. The van der Waals surface area contributed by atoms with Crippen LogP contribution in [0, 0.1) is 17.2 Å². The van der Waals surface area contributed by atoms with E-state index in [0.717, 1.165) is 19.6 Å². The van der Waals surface area contributed by atoms with Gasteiger partial charge in [-0.15, -0.1) is 0 Å². The molecule has 92 valence electrons. The quantitative estimate of drug-likeness (QED) is 0.695. The van der Waals surface area contributed by atoms with Crippen molar-refractivity contribution >= 4 is 0 Å². The Bertz CT molecular complexity index is 235. The number of hydrogen-bond acceptors (Lipinski definition) is 3. The van der Waals surface area contributed by atoms with Gasteiger partial charge in [0.15, 0.2) is 0 Å². The molecule has 0 aliphatic carbocycles. The average Bonchev–Trinajstić information content (AvgIpc) is 2.59. The third-order valence-electron chi connectivity index (χ3n) is 2.94. The summed E-state index contributed by atoms with van der Waals surface area (Å²) in [6.07, 6.45) is 3.77. The molecule has 0 saturated carbocycles. The van der Waals surface area contributed by atoms with Gasteiger partial charge in [0.2, 0.25) is 0 Å². The second-order valence-corrected chi connectivity index (χ2v) is 5.21. The van der Waals surface area contributed by atoms with Gasteiger partial charge in [-0.25, -0.2) is 0 Å². The number of nitriles is 1. The summed E-state index contributed by atoms with van der Waals surface area (Å²) < 4.78 is 5.83. The average molecular weight is 224 g/mol. The summed E-state index contributed by atoms with van der Waals surface area (Å²) in [5.41, 5.74) is 0. The first-order valence-corrected chi connectivity index (χ1v) is 6.36. The molecule has 16 heavy (non-hydrogen) atoms. The molecule has 2 atom stereocenters. The zero-order valence-electron chi connectivity index (χ0n) is 10.8. The molecule has 1 aliphatic heterocycles. The van der Waals surface area contributed by atoms with Crippen molar-refractivity contribution in [3.63, 3.8) is 0 Å². The summed E-state index contributed by atoms with van der Waals surface area (Å²) in [5, 5.41) is 8.64. The van der Waals surface area contributed by atoms with E-state index in [1.807, 2.05) is 0 Å². The van der Waals surface area contributed by atoms with Gasteiger partial charge in [-0.1, -0.05) is 13.8 Å². The molecule has 1 aliphatic rings. The second kappa shape index (κ2) is 6.88. The van der Waals surface area contributed by atoms with Crippen molar-refractivity contribution in [2.24, 2.45) is 5.92 Å². The maximum atomic E-state index is 8.64. The highest BCUT2D eigenvalue weighted by Crippen LogP contribution is 2.20. The van der Waals surface area contributed by atoms with Gasteiger partial charge in [-0.3, -0.25) is 4.90 Å². The Morgan fingerprint density at radius 2 is 2.19 bits per heavy atom. The molecule has 0 aromatic carbocycles. The first kappa shape index (κ1) is 13.5. The molecule has 0 aromatic heterocycles. The Morgan fingerprint density at radius 1 is 1.44 bits per heavy atom. The highest BCUT2D eigenvalue weighted by atomic mass is 16.5. The predicted octanol–water partition coefficient (Wildman–Crippen LogP) is 2.43. The molecule has 1 fully saturated rings. The maximum Gasteiger partial charge on any atom is 0.0706 e. The standard InChI is InChI=1S/C13H24N2O/c1-11(2)9-15(8-4-7-14)10-13-6-5-12(3)16-13/h11-13H,4-6,8-10H2,1-3H3. The molecule has 2 unspecified atom stereocenters. The summed E-state index contributed by atoms with van der Waals surface area (Å²) >= 11 is 0. The van der Waals surface area contributed by atoms with Gasteiger partial charge >= 0.3 is 0 Å². The Kier molecular flexibility index (Phi) is 5.79. The molecule has 0 spiro atoms. The molecule has 1 saturated heterocycles. The fourth-order valence-electron chi connectivity index (χ4n) is 2.29. The van der Waals surface area contributed by atoms with Gasteiger partial charge in [0.1, 0.15) is 0 Å². The van der Waals surface area contributed by atoms with Crippen molar-refractivity contribution in [2.75, 3.05) is 19.6 Å². The minimum absolute atomic E-state index is 0.382. The highest BCUT2D eigenvalue weighted by Gasteiger charge is 2.23. The van der Waals surface area contributed by atoms with Crippen molar-refractivity contribution in [3.05, 3.63) is 0 Å². The molecule has 0 N–H and O–H groups in total. The van der Waals surface area contributed by atoms with Gasteiger partial charge in [-0.2, -0.15) is 5.26 Å². The normalized spacial score (nSPS) is 25.2.